The van der Waals surface area contributed by atoms with E-state index in [1.165, 1.54) is 53.4 Å². The SMILES string of the molecule is C1=CC(C(CCO[Si](c2ccccc2)(c2ccccc2)c2ccccc2)(CCO[Si](c2ccccc2)(c2ccccc2)c2ccccc2)C2C=Cc3ccccc32)c2ccccc21.[Cl-].[Cl-].[Zr+2]. The molecule has 0 bridgehead atoms. The summed E-state index contributed by atoms with van der Waals surface area (Å²) in [5.74, 6) is 0.258. The van der Waals surface area contributed by atoms with Crippen molar-refractivity contribution in [3.63, 3.8) is 0 Å². The number of benzene rings is 8. The molecule has 0 N–H and O–H groups in total. The molecule has 2 unspecified atom stereocenters. The Balaban J connectivity index is 0.00000216. The first kappa shape index (κ1) is 49.0. The van der Waals surface area contributed by atoms with E-state index in [2.05, 4.69) is 255 Å². The molecule has 8 aromatic rings. The van der Waals surface area contributed by atoms with Gasteiger partial charge in [0, 0.05) is 25.0 Å². The first-order valence-corrected chi connectivity index (χ1v) is 26.2. The van der Waals surface area contributed by atoms with E-state index in [-0.39, 0.29) is 68.3 Å². The Morgan fingerprint density at radius 2 is 0.576 bits per heavy atom. The van der Waals surface area contributed by atoms with Gasteiger partial charge in [-0.3, -0.25) is 0 Å². The molecule has 10 rings (SSSR count). The van der Waals surface area contributed by atoms with Crippen LogP contribution >= 0.6 is 0 Å². The zero-order valence-corrected chi connectivity index (χ0v) is 42.8. The Morgan fingerprint density at radius 3 is 0.848 bits per heavy atom. The standard InChI is InChI=1S/C59H52O2Si2.2ClH.Zr/c1-7-25-49(26-8-1)62(50-27-9-2-10-28-50,51-29-11-3-12-30-51)60-45-43-59(57-41-39-47-23-19-21-37-55(47)57,58-42-40-48-24-20-22-38-56(48)58)44-46-61-63(52-31-13-4-14-32-52,53-33-15-5-16-34-53)54-35-17-6-18-36-54;;;/h1-42,57-58H,43-46H2;2*1H;/q;;;+2/p-2. The number of fused-ring (bicyclic) bond motifs is 2. The smallest absolute Gasteiger partial charge is 1.00 e. The van der Waals surface area contributed by atoms with Crippen molar-refractivity contribution >= 4 is 59.9 Å². The van der Waals surface area contributed by atoms with Gasteiger partial charge in [-0.2, -0.15) is 0 Å². The summed E-state index contributed by atoms with van der Waals surface area (Å²) in [4.78, 5) is 0. The Morgan fingerprint density at radius 1 is 0.333 bits per heavy atom. The zero-order valence-electron chi connectivity index (χ0n) is 36.8. The number of hydrogen-bond donors (Lipinski definition) is 0. The summed E-state index contributed by atoms with van der Waals surface area (Å²) in [6, 6.07) is 84.0. The molecular formula is C59H52Cl2O2Si2Zr. The fraction of sp³-hybridized carbons (Fsp3) is 0.119. The molecule has 2 aliphatic carbocycles. The summed E-state index contributed by atoms with van der Waals surface area (Å²) in [6.45, 7) is 1.14. The van der Waals surface area contributed by atoms with E-state index in [0.717, 1.165) is 12.8 Å². The topological polar surface area (TPSA) is 18.5 Å². The molecule has 66 heavy (non-hydrogen) atoms. The molecule has 0 amide bonds. The maximum atomic E-state index is 7.85. The van der Waals surface area contributed by atoms with Crippen LogP contribution in [0.15, 0.2) is 243 Å². The molecule has 0 saturated carbocycles. The van der Waals surface area contributed by atoms with E-state index in [1.807, 2.05) is 0 Å². The van der Waals surface area contributed by atoms with Gasteiger partial charge in [-0.25, -0.2) is 0 Å². The number of allylic oxidation sites excluding steroid dienone is 2. The number of rotatable bonds is 16. The van der Waals surface area contributed by atoms with Crippen LogP contribution in [-0.2, 0) is 35.1 Å². The monoisotopic (exact) mass is 1010 g/mol. The summed E-state index contributed by atoms with van der Waals surface area (Å²) in [7, 11) is -6.00. The summed E-state index contributed by atoms with van der Waals surface area (Å²) in [6.07, 6.45) is 11.3. The van der Waals surface area contributed by atoms with Crippen molar-refractivity contribution in [1.82, 2.24) is 0 Å². The minimum absolute atomic E-state index is 0. The molecule has 0 radical (unpaired) electrons. The van der Waals surface area contributed by atoms with Gasteiger partial charge in [0.25, 0.3) is 16.6 Å². The van der Waals surface area contributed by atoms with Crippen molar-refractivity contribution in [3.05, 3.63) is 265 Å². The van der Waals surface area contributed by atoms with Crippen LogP contribution in [0.1, 0.15) is 46.9 Å². The number of hydrogen-bond acceptors (Lipinski definition) is 2. The Kier molecular flexibility index (Phi) is 16.5. The second-order valence-electron chi connectivity index (χ2n) is 16.9. The van der Waals surface area contributed by atoms with Crippen molar-refractivity contribution < 1.29 is 59.9 Å². The molecule has 2 aliphatic rings. The predicted molar refractivity (Wildman–Crippen MR) is 268 cm³/mol. The molecule has 326 valence electrons. The van der Waals surface area contributed by atoms with E-state index in [9.17, 15) is 0 Å². The molecule has 0 saturated heterocycles. The fourth-order valence-corrected chi connectivity index (χ4v) is 18.6. The van der Waals surface area contributed by atoms with Gasteiger partial charge in [0.15, 0.2) is 0 Å². The van der Waals surface area contributed by atoms with Crippen LogP contribution in [-0.4, -0.2) is 29.8 Å². The minimum Gasteiger partial charge on any atom is -1.00 e. The average Bonchev–Trinajstić information content (AvgIpc) is 4.01. The fourth-order valence-electron chi connectivity index (χ4n) is 10.8. The Hall–Kier alpha value is -4.94. The van der Waals surface area contributed by atoms with Crippen LogP contribution in [0.2, 0.25) is 0 Å². The van der Waals surface area contributed by atoms with Gasteiger partial charge in [-0.1, -0.05) is 255 Å². The van der Waals surface area contributed by atoms with Crippen LogP contribution in [0.5, 0.6) is 0 Å². The average molecular weight is 1010 g/mol. The van der Waals surface area contributed by atoms with Crippen molar-refractivity contribution in [2.45, 2.75) is 24.7 Å². The second kappa shape index (κ2) is 22.2. The molecule has 0 aliphatic heterocycles. The molecule has 0 aromatic heterocycles. The summed E-state index contributed by atoms with van der Waals surface area (Å²) < 4.78 is 15.7. The molecule has 7 heteroatoms. The van der Waals surface area contributed by atoms with Crippen LogP contribution in [0.3, 0.4) is 0 Å². The van der Waals surface area contributed by atoms with E-state index < -0.39 is 16.6 Å². The zero-order chi connectivity index (χ0) is 42.4. The maximum Gasteiger partial charge on any atom is 2.00 e. The van der Waals surface area contributed by atoms with E-state index >= 15 is 0 Å². The van der Waals surface area contributed by atoms with Gasteiger partial charge in [0.1, 0.15) is 0 Å². The minimum atomic E-state index is -3.00. The van der Waals surface area contributed by atoms with E-state index in [4.69, 9.17) is 8.85 Å². The van der Waals surface area contributed by atoms with Gasteiger partial charge >= 0.3 is 26.2 Å². The first-order valence-electron chi connectivity index (χ1n) is 22.4. The molecule has 0 spiro atoms. The summed E-state index contributed by atoms with van der Waals surface area (Å²) >= 11 is 0. The summed E-state index contributed by atoms with van der Waals surface area (Å²) in [5.41, 5.74) is 5.04. The van der Waals surface area contributed by atoms with Crippen molar-refractivity contribution in [2.75, 3.05) is 13.2 Å². The van der Waals surface area contributed by atoms with Crippen LogP contribution in [0.4, 0.5) is 0 Å². The van der Waals surface area contributed by atoms with Crippen LogP contribution in [0, 0.1) is 5.41 Å². The molecular weight excluding hydrogens is 959 g/mol. The third-order valence-electron chi connectivity index (χ3n) is 13.7. The maximum absolute atomic E-state index is 7.85. The van der Waals surface area contributed by atoms with Crippen LogP contribution in [0.25, 0.3) is 12.2 Å². The largest absolute Gasteiger partial charge is 2.00 e. The molecule has 2 atom stereocenters. The second-order valence-corrected chi connectivity index (χ2v) is 23.7. The van der Waals surface area contributed by atoms with Gasteiger partial charge in [0.05, 0.1) is 0 Å². The number of halogens is 2. The van der Waals surface area contributed by atoms with Gasteiger partial charge in [0.2, 0.25) is 0 Å². The van der Waals surface area contributed by atoms with E-state index in [1.54, 1.807) is 0 Å². The predicted octanol–water partition coefficient (Wildman–Crippen LogP) is 3.75. The third kappa shape index (κ3) is 9.20. The molecule has 0 heterocycles. The van der Waals surface area contributed by atoms with Gasteiger partial charge < -0.3 is 33.7 Å². The van der Waals surface area contributed by atoms with Crippen LogP contribution < -0.4 is 55.9 Å². The van der Waals surface area contributed by atoms with E-state index in [0.29, 0.717) is 13.2 Å². The third-order valence-corrected chi connectivity index (χ3v) is 21.8. The normalized spacial score (nSPS) is 14.8. The summed E-state index contributed by atoms with van der Waals surface area (Å²) in [5, 5.41) is 7.49. The molecule has 8 aromatic carbocycles. The van der Waals surface area contributed by atoms with Crippen molar-refractivity contribution in [1.29, 1.82) is 0 Å². The molecule has 2 nitrogen and oxygen atoms in total. The van der Waals surface area contributed by atoms with Gasteiger partial charge in [-0.05, 0) is 71.6 Å². The Labute approximate surface area is 424 Å². The first-order chi connectivity index (χ1) is 31.2. The van der Waals surface area contributed by atoms with Crippen molar-refractivity contribution in [2.24, 2.45) is 5.41 Å². The Bertz CT molecular complexity index is 2420. The molecule has 0 fully saturated rings. The van der Waals surface area contributed by atoms with Crippen molar-refractivity contribution in [3.8, 4) is 0 Å². The van der Waals surface area contributed by atoms with Gasteiger partial charge in [-0.15, -0.1) is 0 Å². The quantitative estimate of drug-likeness (QED) is 0.109.